The summed E-state index contributed by atoms with van der Waals surface area (Å²) in [4.78, 5) is 10.4. The van der Waals surface area contributed by atoms with Crippen molar-refractivity contribution in [1.82, 2.24) is 9.78 Å². The molecule has 1 aromatic heterocycles. The fraction of sp³-hybridized carbons (Fsp3) is 0.625. The van der Waals surface area contributed by atoms with Crippen molar-refractivity contribution in [3.05, 3.63) is 21.5 Å². The summed E-state index contributed by atoms with van der Waals surface area (Å²) in [6.45, 7) is 3.76. The van der Waals surface area contributed by atoms with Crippen LogP contribution in [0.2, 0.25) is 0 Å². The quantitative estimate of drug-likeness (QED) is 0.526. The van der Waals surface area contributed by atoms with Crippen LogP contribution in [0.25, 0.3) is 0 Å². The lowest BCUT2D eigenvalue weighted by Crippen LogP contribution is -1.98. The molecule has 72 valence electrons. The zero-order valence-electron chi connectivity index (χ0n) is 8.07. The van der Waals surface area contributed by atoms with Crippen molar-refractivity contribution in [2.75, 3.05) is 0 Å². The highest BCUT2D eigenvalue weighted by Crippen LogP contribution is 2.23. The maximum absolute atomic E-state index is 10.7. The Hall–Kier alpha value is -1.39. The molecule has 0 aliphatic rings. The molecule has 0 radical (unpaired) electrons. The Morgan fingerprint density at radius 1 is 1.46 bits per heavy atom. The maximum Gasteiger partial charge on any atom is 0.313 e. The van der Waals surface area contributed by atoms with Crippen LogP contribution in [0.4, 0.5) is 5.69 Å². The van der Waals surface area contributed by atoms with Crippen molar-refractivity contribution in [3.63, 3.8) is 0 Å². The van der Waals surface area contributed by atoms with E-state index >= 15 is 0 Å². The third-order valence-corrected chi connectivity index (χ3v) is 2.06. The summed E-state index contributed by atoms with van der Waals surface area (Å²) >= 11 is 0. The lowest BCUT2D eigenvalue weighted by atomic mass is 10.2. The third kappa shape index (κ3) is 1.54. The van der Waals surface area contributed by atoms with Crippen LogP contribution in [-0.2, 0) is 19.9 Å². The highest BCUT2D eigenvalue weighted by molar-refractivity contribution is 5.41. The molecule has 0 aliphatic heterocycles. The van der Waals surface area contributed by atoms with Crippen LogP contribution in [-0.4, -0.2) is 14.7 Å². The summed E-state index contributed by atoms with van der Waals surface area (Å²) in [5, 5.41) is 14.8. The topological polar surface area (TPSA) is 61.0 Å². The van der Waals surface area contributed by atoms with Gasteiger partial charge in [0.2, 0.25) is 0 Å². The summed E-state index contributed by atoms with van der Waals surface area (Å²) in [6, 6.07) is 0. The second-order valence-corrected chi connectivity index (χ2v) is 2.83. The molecule has 5 heteroatoms. The number of aryl methyl sites for hydroxylation is 2. The number of aromatic nitrogens is 2. The van der Waals surface area contributed by atoms with E-state index < -0.39 is 0 Å². The fourth-order valence-corrected chi connectivity index (χ4v) is 1.45. The minimum atomic E-state index is -0.343. The fourth-order valence-electron chi connectivity index (χ4n) is 1.45. The van der Waals surface area contributed by atoms with E-state index in [9.17, 15) is 10.1 Å². The van der Waals surface area contributed by atoms with Crippen LogP contribution >= 0.6 is 0 Å². The average molecular weight is 183 g/mol. The Kier molecular flexibility index (Phi) is 2.65. The molecule has 0 amide bonds. The Morgan fingerprint density at radius 2 is 2.08 bits per heavy atom. The van der Waals surface area contributed by atoms with Gasteiger partial charge in [-0.25, -0.2) is 0 Å². The predicted octanol–water partition coefficient (Wildman–Crippen LogP) is 1.45. The largest absolute Gasteiger partial charge is 0.313 e. The van der Waals surface area contributed by atoms with Crippen molar-refractivity contribution in [2.45, 2.75) is 26.7 Å². The maximum atomic E-state index is 10.7. The smallest absolute Gasteiger partial charge is 0.265 e. The standard InChI is InChI=1S/C8H13N3O2/c1-4-6-8(11(12)13)7(5-2)10(3)9-6/h4-5H2,1-3H3. The first-order chi connectivity index (χ1) is 6.11. The number of hydrogen-bond donors (Lipinski definition) is 0. The first kappa shape index (κ1) is 9.70. The molecule has 1 heterocycles. The zero-order valence-corrected chi connectivity index (χ0v) is 8.07. The van der Waals surface area contributed by atoms with Gasteiger partial charge in [0.05, 0.1) is 4.92 Å². The van der Waals surface area contributed by atoms with Gasteiger partial charge >= 0.3 is 5.69 Å². The van der Waals surface area contributed by atoms with Gasteiger partial charge in [-0.15, -0.1) is 0 Å². The lowest BCUT2D eigenvalue weighted by Gasteiger charge is -1.94. The van der Waals surface area contributed by atoms with Crippen LogP contribution in [0.5, 0.6) is 0 Å². The van der Waals surface area contributed by atoms with Crippen LogP contribution in [0.1, 0.15) is 25.2 Å². The number of nitro groups is 1. The predicted molar refractivity (Wildman–Crippen MR) is 48.6 cm³/mol. The van der Waals surface area contributed by atoms with Gasteiger partial charge in [-0.1, -0.05) is 13.8 Å². The molecule has 0 saturated heterocycles. The van der Waals surface area contributed by atoms with Gasteiger partial charge in [-0.3, -0.25) is 14.8 Å². The van der Waals surface area contributed by atoms with Crippen molar-refractivity contribution in [2.24, 2.45) is 7.05 Å². The highest BCUT2D eigenvalue weighted by atomic mass is 16.6. The SMILES string of the molecule is CCc1nn(C)c(CC)c1[N+](=O)[O-]. The molecule has 5 nitrogen and oxygen atoms in total. The Morgan fingerprint density at radius 3 is 2.46 bits per heavy atom. The molecule has 1 rings (SSSR count). The summed E-state index contributed by atoms with van der Waals surface area (Å²) in [6.07, 6.45) is 1.24. The molecule has 0 aliphatic carbocycles. The van der Waals surface area contributed by atoms with Gasteiger partial charge in [0.25, 0.3) is 0 Å². The molecule has 0 unspecified atom stereocenters. The normalized spacial score (nSPS) is 10.4. The van der Waals surface area contributed by atoms with E-state index in [0.717, 1.165) is 0 Å². The van der Waals surface area contributed by atoms with E-state index in [0.29, 0.717) is 24.2 Å². The van der Waals surface area contributed by atoms with E-state index in [2.05, 4.69) is 5.10 Å². The highest BCUT2D eigenvalue weighted by Gasteiger charge is 2.23. The second-order valence-electron chi connectivity index (χ2n) is 2.83. The van der Waals surface area contributed by atoms with Crippen LogP contribution < -0.4 is 0 Å². The van der Waals surface area contributed by atoms with E-state index in [-0.39, 0.29) is 10.6 Å². The Bertz CT molecular complexity index is 330. The van der Waals surface area contributed by atoms with Gasteiger partial charge < -0.3 is 0 Å². The molecule has 0 saturated carbocycles. The molecular weight excluding hydrogens is 170 g/mol. The van der Waals surface area contributed by atoms with E-state index in [1.54, 1.807) is 11.7 Å². The Balaban J connectivity index is 3.32. The lowest BCUT2D eigenvalue weighted by molar-refractivity contribution is -0.386. The molecule has 1 aromatic rings. The molecule has 0 aromatic carbocycles. The number of nitrogens with zero attached hydrogens (tertiary/aromatic N) is 3. The summed E-state index contributed by atoms with van der Waals surface area (Å²) in [5.74, 6) is 0. The molecule has 13 heavy (non-hydrogen) atoms. The molecule has 0 N–H and O–H groups in total. The molecule has 0 bridgehead atoms. The van der Waals surface area contributed by atoms with Gasteiger partial charge in [0, 0.05) is 7.05 Å². The van der Waals surface area contributed by atoms with E-state index in [4.69, 9.17) is 0 Å². The zero-order chi connectivity index (χ0) is 10.0. The third-order valence-electron chi connectivity index (χ3n) is 2.06. The van der Waals surface area contributed by atoms with Gasteiger partial charge in [-0.2, -0.15) is 5.10 Å². The molecule has 0 spiro atoms. The molecule has 0 fully saturated rings. The molecular formula is C8H13N3O2. The minimum Gasteiger partial charge on any atom is -0.265 e. The minimum absolute atomic E-state index is 0.188. The van der Waals surface area contributed by atoms with Crippen molar-refractivity contribution < 1.29 is 4.92 Å². The summed E-state index contributed by atoms with van der Waals surface area (Å²) in [7, 11) is 1.74. The Labute approximate surface area is 76.5 Å². The van der Waals surface area contributed by atoms with E-state index in [1.807, 2.05) is 13.8 Å². The van der Waals surface area contributed by atoms with Gasteiger partial charge in [-0.05, 0) is 12.8 Å². The van der Waals surface area contributed by atoms with Crippen LogP contribution in [0.15, 0.2) is 0 Å². The van der Waals surface area contributed by atoms with Crippen molar-refractivity contribution in [1.29, 1.82) is 0 Å². The van der Waals surface area contributed by atoms with Gasteiger partial charge in [0.15, 0.2) is 0 Å². The van der Waals surface area contributed by atoms with E-state index in [1.165, 1.54) is 0 Å². The van der Waals surface area contributed by atoms with Crippen molar-refractivity contribution in [3.8, 4) is 0 Å². The average Bonchev–Trinajstić information content (AvgIpc) is 2.41. The van der Waals surface area contributed by atoms with Crippen LogP contribution in [0, 0.1) is 10.1 Å². The van der Waals surface area contributed by atoms with Crippen LogP contribution in [0.3, 0.4) is 0 Å². The van der Waals surface area contributed by atoms with Crippen molar-refractivity contribution >= 4 is 5.69 Å². The summed E-state index contributed by atoms with van der Waals surface area (Å²) in [5.41, 5.74) is 1.46. The number of rotatable bonds is 3. The first-order valence-corrected chi connectivity index (χ1v) is 4.30. The molecule has 0 atom stereocenters. The second kappa shape index (κ2) is 3.55. The number of hydrogen-bond acceptors (Lipinski definition) is 3. The summed E-state index contributed by atoms with van der Waals surface area (Å²) < 4.78 is 1.59. The monoisotopic (exact) mass is 183 g/mol. The van der Waals surface area contributed by atoms with Gasteiger partial charge in [0.1, 0.15) is 11.4 Å². The first-order valence-electron chi connectivity index (χ1n) is 4.30.